The molecule has 9 heteroatoms. The van der Waals surface area contributed by atoms with Crippen LogP contribution in [0.3, 0.4) is 0 Å². The quantitative estimate of drug-likeness (QED) is 0.741. The number of nitrogens with one attached hydrogen (secondary N) is 1. The van der Waals surface area contributed by atoms with Gasteiger partial charge in [-0.1, -0.05) is 12.1 Å². The molecule has 0 unspecified atom stereocenters. The lowest BCUT2D eigenvalue weighted by molar-refractivity contribution is 0.102. The molecule has 25 heavy (non-hydrogen) atoms. The highest BCUT2D eigenvalue weighted by Crippen LogP contribution is 2.12. The maximum Gasteiger partial charge on any atom is 0.255 e. The van der Waals surface area contributed by atoms with Crippen molar-refractivity contribution in [1.29, 1.82) is 0 Å². The first-order chi connectivity index (χ1) is 11.9. The fourth-order valence-corrected chi connectivity index (χ4v) is 2.98. The van der Waals surface area contributed by atoms with Crippen LogP contribution in [0.25, 0.3) is 5.82 Å². The van der Waals surface area contributed by atoms with Crippen LogP contribution in [0.2, 0.25) is 0 Å². The molecule has 3 aromatic rings. The Labute approximate surface area is 144 Å². The van der Waals surface area contributed by atoms with E-state index in [1.54, 1.807) is 36.4 Å². The van der Waals surface area contributed by atoms with Crippen molar-refractivity contribution in [2.24, 2.45) is 0 Å². The van der Waals surface area contributed by atoms with Crippen molar-refractivity contribution in [2.75, 3.05) is 11.6 Å². The van der Waals surface area contributed by atoms with Gasteiger partial charge in [0, 0.05) is 11.8 Å². The van der Waals surface area contributed by atoms with Gasteiger partial charge in [-0.05, 0) is 29.8 Å². The van der Waals surface area contributed by atoms with Gasteiger partial charge in [-0.25, -0.2) is 23.1 Å². The Balaban J connectivity index is 1.67. The van der Waals surface area contributed by atoms with Crippen LogP contribution >= 0.6 is 0 Å². The number of amides is 1. The van der Waals surface area contributed by atoms with E-state index in [0.717, 1.165) is 0 Å². The summed E-state index contributed by atoms with van der Waals surface area (Å²) in [5.74, 6) is 0.226. The predicted molar refractivity (Wildman–Crippen MR) is 92.1 cm³/mol. The Morgan fingerprint density at radius 1 is 1.16 bits per heavy atom. The van der Waals surface area contributed by atoms with Gasteiger partial charge in [0.2, 0.25) is 0 Å². The molecule has 1 aromatic carbocycles. The lowest BCUT2D eigenvalue weighted by Crippen LogP contribution is -2.12. The van der Waals surface area contributed by atoms with Crippen molar-refractivity contribution < 1.29 is 13.2 Å². The Bertz CT molecular complexity index is 966. The summed E-state index contributed by atoms with van der Waals surface area (Å²) in [7, 11) is -3.10. The van der Waals surface area contributed by atoms with Crippen LogP contribution in [-0.2, 0) is 15.6 Å². The maximum atomic E-state index is 12.2. The molecule has 0 saturated heterocycles. The van der Waals surface area contributed by atoms with Crippen molar-refractivity contribution in [1.82, 2.24) is 19.7 Å². The number of pyridine rings is 1. The van der Waals surface area contributed by atoms with Gasteiger partial charge in [-0.2, -0.15) is 5.10 Å². The highest BCUT2D eigenvalue weighted by atomic mass is 32.2. The number of hydrogen-bond acceptors (Lipinski definition) is 6. The second kappa shape index (κ2) is 6.81. The molecule has 0 aliphatic carbocycles. The highest BCUT2D eigenvalue weighted by molar-refractivity contribution is 7.89. The number of nitrogens with zero attached hydrogens (tertiary/aromatic N) is 4. The molecule has 8 nitrogen and oxygen atoms in total. The molecule has 0 aliphatic heterocycles. The van der Waals surface area contributed by atoms with Crippen LogP contribution in [-0.4, -0.2) is 40.3 Å². The van der Waals surface area contributed by atoms with Gasteiger partial charge in [0.15, 0.2) is 15.7 Å². The van der Waals surface area contributed by atoms with E-state index in [9.17, 15) is 13.2 Å². The third-order valence-electron chi connectivity index (χ3n) is 3.30. The van der Waals surface area contributed by atoms with E-state index in [0.29, 0.717) is 22.6 Å². The molecule has 0 radical (unpaired) electrons. The van der Waals surface area contributed by atoms with E-state index < -0.39 is 9.84 Å². The standard InChI is InChI=1S/C16H15N5O3S/c1-25(23,24)9-12-2-4-13(5-3-12)16(22)20-14-6-7-15(18-8-14)21-11-17-10-19-21/h2-8,10-11H,9H2,1H3,(H,20,22). The number of rotatable bonds is 5. The first kappa shape index (κ1) is 16.8. The monoisotopic (exact) mass is 357 g/mol. The zero-order valence-corrected chi connectivity index (χ0v) is 14.1. The minimum absolute atomic E-state index is 0.0530. The van der Waals surface area contributed by atoms with Gasteiger partial charge >= 0.3 is 0 Å². The molecule has 0 atom stereocenters. The van der Waals surface area contributed by atoms with E-state index >= 15 is 0 Å². The second-order valence-electron chi connectivity index (χ2n) is 5.47. The lowest BCUT2D eigenvalue weighted by Gasteiger charge is -2.07. The van der Waals surface area contributed by atoms with Crippen LogP contribution in [0.4, 0.5) is 5.69 Å². The van der Waals surface area contributed by atoms with Crippen molar-refractivity contribution in [3.63, 3.8) is 0 Å². The second-order valence-corrected chi connectivity index (χ2v) is 7.61. The largest absolute Gasteiger partial charge is 0.321 e. The van der Waals surface area contributed by atoms with E-state index in [1.807, 2.05) is 0 Å². The first-order valence-corrected chi connectivity index (χ1v) is 9.36. The zero-order chi connectivity index (χ0) is 17.9. The molecular formula is C16H15N5O3S. The summed E-state index contributed by atoms with van der Waals surface area (Å²) in [6.45, 7) is 0. The van der Waals surface area contributed by atoms with Crippen molar-refractivity contribution in [3.05, 3.63) is 66.4 Å². The summed E-state index contributed by atoms with van der Waals surface area (Å²) in [4.78, 5) is 20.3. The molecule has 3 rings (SSSR count). The van der Waals surface area contributed by atoms with Crippen LogP contribution in [0.5, 0.6) is 0 Å². The predicted octanol–water partition coefficient (Wildman–Crippen LogP) is 1.46. The summed E-state index contributed by atoms with van der Waals surface area (Å²) < 4.78 is 24.1. The molecule has 1 N–H and O–H groups in total. The van der Waals surface area contributed by atoms with Crippen molar-refractivity contribution >= 4 is 21.4 Å². The van der Waals surface area contributed by atoms with Gasteiger partial charge in [0.1, 0.15) is 12.7 Å². The fraction of sp³-hybridized carbons (Fsp3) is 0.125. The lowest BCUT2D eigenvalue weighted by atomic mass is 10.1. The van der Waals surface area contributed by atoms with E-state index in [1.165, 1.54) is 29.8 Å². The minimum Gasteiger partial charge on any atom is -0.321 e. The average Bonchev–Trinajstić information content (AvgIpc) is 3.09. The number of carbonyl (C=O) groups is 1. The Kier molecular flexibility index (Phi) is 4.57. The fourth-order valence-electron chi connectivity index (χ4n) is 2.18. The van der Waals surface area contributed by atoms with Gasteiger partial charge in [-0.3, -0.25) is 4.79 Å². The van der Waals surface area contributed by atoms with Gasteiger partial charge < -0.3 is 5.32 Å². The molecule has 0 fully saturated rings. The summed E-state index contributed by atoms with van der Waals surface area (Å²) in [6.07, 6.45) is 5.62. The number of aromatic nitrogens is 4. The van der Waals surface area contributed by atoms with E-state index in [2.05, 4.69) is 20.4 Å². The van der Waals surface area contributed by atoms with E-state index in [4.69, 9.17) is 0 Å². The molecule has 0 saturated carbocycles. The summed E-state index contributed by atoms with van der Waals surface area (Å²) in [5.41, 5.74) is 1.60. The molecule has 2 aromatic heterocycles. The molecule has 2 heterocycles. The molecule has 128 valence electrons. The zero-order valence-electron chi connectivity index (χ0n) is 13.3. The number of benzene rings is 1. The number of anilines is 1. The summed E-state index contributed by atoms with van der Waals surface area (Å²) >= 11 is 0. The smallest absolute Gasteiger partial charge is 0.255 e. The minimum atomic E-state index is -3.10. The third-order valence-corrected chi connectivity index (χ3v) is 4.16. The van der Waals surface area contributed by atoms with Crippen LogP contribution in [0.1, 0.15) is 15.9 Å². The average molecular weight is 357 g/mol. The number of sulfone groups is 1. The highest BCUT2D eigenvalue weighted by Gasteiger charge is 2.09. The van der Waals surface area contributed by atoms with Gasteiger partial charge in [-0.15, -0.1) is 0 Å². The van der Waals surface area contributed by atoms with Crippen LogP contribution in [0.15, 0.2) is 55.2 Å². The molecular weight excluding hydrogens is 342 g/mol. The normalized spacial score (nSPS) is 11.2. The Hall–Kier alpha value is -3.07. The molecule has 0 aliphatic rings. The first-order valence-electron chi connectivity index (χ1n) is 7.30. The van der Waals surface area contributed by atoms with Crippen LogP contribution in [0, 0.1) is 0 Å². The number of carbonyl (C=O) groups excluding carboxylic acids is 1. The summed E-state index contributed by atoms with van der Waals surface area (Å²) in [5, 5.41) is 6.70. The topological polar surface area (TPSA) is 107 Å². The Morgan fingerprint density at radius 3 is 2.48 bits per heavy atom. The van der Waals surface area contributed by atoms with E-state index in [-0.39, 0.29) is 11.7 Å². The molecule has 1 amide bonds. The van der Waals surface area contributed by atoms with Gasteiger partial charge in [0.05, 0.1) is 17.6 Å². The number of hydrogen-bond donors (Lipinski definition) is 1. The Morgan fingerprint density at radius 2 is 1.92 bits per heavy atom. The SMILES string of the molecule is CS(=O)(=O)Cc1ccc(C(=O)Nc2ccc(-n3cncn3)nc2)cc1. The molecule has 0 spiro atoms. The van der Waals surface area contributed by atoms with Crippen molar-refractivity contribution in [2.45, 2.75) is 5.75 Å². The summed E-state index contributed by atoms with van der Waals surface area (Å²) in [6, 6.07) is 9.85. The molecule has 0 bridgehead atoms. The maximum absolute atomic E-state index is 12.2. The van der Waals surface area contributed by atoms with Crippen LogP contribution < -0.4 is 5.32 Å². The third kappa shape index (κ3) is 4.48. The van der Waals surface area contributed by atoms with Crippen molar-refractivity contribution in [3.8, 4) is 5.82 Å². The van der Waals surface area contributed by atoms with Gasteiger partial charge in [0.25, 0.3) is 5.91 Å².